The van der Waals surface area contributed by atoms with Gasteiger partial charge in [-0.2, -0.15) is 0 Å². The first-order valence-corrected chi connectivity index (χ1v) is 7.74. The summed E-state index contributed by atoms with van der Waals surface area (Å²) < 4.78 is 11.4. The summed E-state index contributed by atoms with van der Waals surface area (Å²) in [6.07, 6.45) is 5.11. The number of aromatic nitrogens is 1. The van der Waals surface area contributed by atoms with Crippen molar-refractivity contribution in [2.24, 2.45) is 0 Å². The quantitative estimate of drug-likeness (QED) is 0.778. The number of halogens is 1. The van der Waals surface area contributed by atoms with Crippen LogP contribution in [0.1, 0.15) is 33.6 Å². The SMILES string of the molecule is CC(C)(C)OC(=O)N1C2C=C(Oc3ccc(Cl)nc3)C1CC2. The zero-order valence-corrected chi connectivity index (χ0v) is 13.6. The number of carbonyl (C=O) groups excluding carboxylic acids is 1. The molecule has 1 amide bonds. The Morgan fingerprint density at radius 2 is 2.14 bits per heavy atom. The van der Waals surface area contributed by atoms with Crippen molar-refractivity contribution in [3.05, 3.63) is 35.3 Å². The van der Waals surface area contributed by atoms with Crippen molar-refractivity contribution < 1.29 is 14.3 Å². The highest BCUT2D eigenvalue weighted by molar-refractivity contribution is 6.29. The van der Waals surface area contributed by atoms with Gasteiger partial charge in [-0.15, -0.1) is 0 Å². The predicted octanol–water partition coefficient (Wildman–Crippen LogP) is 3.78. The van der Waals surface area contributed by atoms with Crippen LogP contribution in [0, 0.1) is 0 Å². The number of hydrogen-bond donors (Lipinski definition) is 0. The predicted molar refractivity (Wildman–Crippen MR) is 82.8 cm³/mol. The number of rotatable bonds is 2. The zero-order chi connectivity index (χ0) is 15.9. The van der Waals surface area contributed by atoms with Gasteiger partial charge in [-0.1, -0.05) is 11.6 Å². The van der Waals surface area contributed by atoms with Gasteiger partial charge in [0.05, 0.1) is 18.3 Å². The van der Waals surface area contributed by atoms with E-state index < -0.39 is 5.60 Å². The van der Waals surface area contributed by atoms with Crippen molar-refractivity contribution in [1.82, 2.24) is 9.88 Å². The Hall–Kier alpha value is -1.75. The molecule has 118 valence electrons. The summed E-state index contributed by atoms with van der Waals surface area (Å²) in [5, 5.41) is 0.421. The topological polar surface area (TPSA) is 51.7 Å². The molecule has 0 N–H and O–H groups in total. The first kappa shape index (κ1) is 15.2. The molecule has 22 heavy (non-hydrogen) atoms. The molecular weight excluding hydrogens is 304 g/mol. The van der Waals surface area contributed by atoms with Gasteiger partial charge >= 0.3 is 6.09 Å². The molecule has 3 heterocycles. The molecule has 5 nitrogen and oxygen atoms in total. The van der Waals surface area contributed by atoms with Gasteiger partial charge in [0.25, 0.3) is 0 Å². The molecule has 6 heteroatoms. The van der Waals surface area contributed by atoms with Crippen LogP contribution < -0.4 is 4.74 Å². The fourth-order valence-corrected chi connectivity index (χ4v) is 2.93. The lowest BCUT2D eigenvalue weighted by Gasteiger charge is -2.28. The Morgan fingerprint density at radius 3 is 2.77 bits per heavy atom. The second-order valence-corrected chi connectivity index (χ2v) is 6.92. The molecule has 1 aromatic heterocycles. The minimum Gasteiger partial charge on any atom is -0.458 e. The Kier molecular flexibility index (Phi) is 3.77. The van der Waals surface area contributed by atoms with Crippen LogP contribution in [0.3, 0.4) is 0 Å². The fraction of sp³-hybridized carbons (Fsp3) is 0.500. The van der Waals surface area contributed by atoms with Gasteiger partial charge in [-0.25, -0.2) is 9.78 Å². The van der Waals surface area contributed by atoms with Gasteiger partial charge in [0.15, 0.2) is 0 Å². The van der Waals surface area contributed by atoms with E-state index in [0.717, 1.165) is 18.6 Å². The molecule has 2 aliphatic rings. The molecule has 1 fully saturated rings. The van der Waals surface area contributed by atoms with Crippen LogP contribution in [0.25, 0.3) is 0 Å². The van der Waals surface area contributed by atoms with E-state index in [0.29, 0.717) is 10.9 Å². The third-order valence-corrected chi connectivity index (χ3v) is 3.88. The van der Waals surface area contributed by atoms with Crippen LogP contribution in [0.2, 0.25) is 5.15 Å². The molecule has 0 spiro atoms. The maximum absolute atomic E-state index is 12.3. The van der Waals surface area contributed by atoms with Crippen LogP contribution >= 0.6 is 11.6 Å². The molecule has 2 bridgehead atoms. The van der Waals surface area contributed by atoms with Crippen molar-refractivity contribution in [1.29, 1.82) is 0 Å². The molecule has 1 saturated heterocycles. The van der Waals surface area contributed by atoms with E-state index in [1.54, 1.807) is 23.2 Å². The van der Waals surface area contributed by atoms with Gasteiger partial charge in [-0.3, -0.25) is 4.90 Å². The minimum atomic E-state index is -0.500. The van der Waals surface area contributed by atoms with E-state index in [-0.39, 0.29) is 18.2 Å². The van der Waals surface area contributed by atoms with Crippen LogP contribution in [0.15, 0.2) is 30.2 Å². The minimum absolute atomic E-state index is 0.0510. The Bertz CT molecular complexity index is 607. The molecule has 1 aromatic rings. The van der Waals surface area contributed by atoms with Crippen LogP contribution in [-0.4, -0.2) is 33.7 Å². The fourth-order valence-electron chi connectivity index (χ4n) is 2.82. The Balaban J connectivity index is 1.70. The molecule has 2 atom stereocenters. The van der Waals surface area contributed by atoms with E-state index in [1.165, 1.54) is 0 Å². The van der Waals surface area contributed by atoms with Crippen LogP contribution in [0.5, 0.6) is 5.75 Å². The average molecular weight is 323 g/mol. The zero-order valence-electron chi connectivity index (χ0n) is 12.9. The van der Waals surface area contributed by atoms with Crippen molar-refractivity contribution in [3.63, 3.8) is 0 Å². The molecule has 0 aliphatic carbocycles. The maximum Gasteiger partial charge on any atom is 0.411 e. The number of ether oxygens (including phenoxy) is 2. The molecule has 3 rings (SSSR count). The second-order valence-electron chi connectivity index (χ2n) is 6.54. The van der Waals surface area contributed by atoms with E-state index in [4.69, 9.17) is 21.1 Å². The van der Waals surface area contributed by atoms with Gasteiger partial charge in [-0.05, 0) is 51.8 Å². The number of pyridine rings is 1. The molecule has 0 aromatic carbocycles. The molecular formula is C16H19ClN2O3. The number of carbonyl (C=O) groups is 1. The number of amides is 1. The summed E-state index contributed by atoms with van der Waals surface area (Å²) in [6.45, 7) is 5.60. The smallest absolute Gasteiger partial charge is 0.411 e. The van der Waals surface area contributed by atoms with Crippen molar-refractivity contribution in [2.45, 2.75) is 51.3 Å². The normalized spacial score (nSPS) is 23.5. The largest absolute Gasteiger partial charge is 0.458 e. The van der Waals surface area contributed by atoms with E-state index in [2.05, 4.69) is 4.98 Å². The molecule has 0 radical (unpaired) electrons. The van der Waals surface area contributed by atoms with E-state index >= 15 is 0 Å². The number of hydrogen-bond acceptors (Lipinski definition) is 4. The molecule has 2 unspecified atom stereocenters. The highest BCUT2D eigenvalue weighted by atomic mass is 35.5. The number of nitrogens with zero attached hydrogens (tertiary/aromatic N) is 2. The molecule has 2 aliphatic heterocycles. The lowest BCUT2D eigenvalue weighted by molar-refractivity contribution is 0.0214. The number of fused-ring (bicyclic) bond motifs is 2. The van der Waals surface area contributed by atoms with Crippen molar-refractivity contribution >= 4 is 17.7 Å². The summed E-state index contributed by atoms with van der Waals surface area (Å²) in [7, 11) is 0. The summed E-state index contributed by atoms with van der Waals surface area (Å²) in [6, 6.07) is 3.43. The summed E-state index contributed by atoms with van der Waals surface area (Å²) >= 11 is 5.77. The Morgan fingerprint density at radius 1 is 1.36 bits per heavy atom. The monoisotopic (exact) mass is 322 g/mol. The first-order chi connectivity index (χ1) is 10.3. The Labute approximate surface area is 134 Å². The third kappa shape index (κ3) is 3.04. The van der Waals surface area contributed by atoms with Gasteiger partial charge in [0.1, 0.15) is 22.3 Å². The summed E-state index contributed by atoms with van der Waals surface area (Å²) in [5.74, 6) is 1.40. The van der Waals surface area contributed by atoms with Crippen LogP contribution in [-0.2, 0) is 4.74 Å². The average Bonchev–Trinajstić information content (AvgIpc) is 2.97. The highest BCUT2D eigenvalue weighted by Crippen LogP contribution is 2.38. The molecule has 0 saturated carbocycles. The second kappa shape index (κ2) is 5.47. The van der Waals surface area contributed by atoms with E-state index in [1.807, 2.05) is 26.8 Å². The van der Waals surface area contributed by atoms with Crippen molar-refractivity contribution in [3.8, 4) is 5.75 Å². The van der Waals surface area contributed by atoms with Crippen LogP contribution in [0.4, 0.5) is 4.79 Å². The maximum atomic E-state index is 12.3. The standard InChI is InChI=1S/C16H19ClN2O3/c1-16(2,3)22-15(20)19-10-4-6-12(19)13(8-10)21-11-5-7-14(17)18-9-11/h5,7-10,12H,4,6H2,1-3H3. The van der Waals surface area contributed by atoms with Gasteiger partial charge in [0, 0.05) is 0 Å². The van der Waals surface area contributed by atoms with Gasteiger partial charge < -0.3 is 9.47 Å². The van der Waals surface area contributed by atoms with Gasteiger partial charge in [0.2, 0.25) is 0 Å². The van der Waals surface area contributed by atoms with Crippen molar-refractivity contribution in [2.75, 3.05) is 0 Å². The third-order valence-electron chi connectivity index (χ3n) is 3.65. The first-order valence-electron chi connectivity index (χ1n) is 7.36. The highest BCUT2D eigenvalue weighted by Gasteiger charge is 2.46. The summed E-state index contributed by atoms with van der Waals surface area (Å²) in [4.78, 5) is 18.1. The lowest BCUT2D eigenvalue weighted by atomic mass is 10.1. The summed E-state index contributed by atoms with van der Waals surface area (Å²) in [5.41, 5.74) is -0.500. The lowest BCUT2D eigenvalue weighted by Crippen LogP contribution is -2.41. The van der Waals surface area contributed by atoms with E-state index in [9.17, 15) is 4.79 Å².